The van der Waals surface area contributed by atoms with Crippen molar-refractivity contribution in [1.82, 2.24) is 9.80 Å². The van der Waals surface area contributed by atoms with E-state index in [0.29, 0.717) is 18.0 Å². The average molecular weight is 358 g/mol. The maximum Gasteiger partial charge on any atom is 0.240 e. The molecule has 0 aliphatic carbocycles. The van der Waals surface area contributed by atoms with Crippen LogP contribution in [-0.2, 0) is 4.79 Å². The van der Waals surface area contributed by atoms with Crippen LogP contribution < -0.4 is 4.90 Å². The molecule has 2 aliphatic rings. The van der Waals surface area contributed by atoms with Gasteiger partial charge in [-0.15, -0.1) is 0 Å². The minimum absolute atomic E-state index is 0.0150. The number of hydrogen-bond donors (Lipinski definition) is 0. The van der Waals surface area contributed by atoms with E-state index in [1.165, 1.54) is 23.2 Å². The molecule has 26 heavy (non-hydrogen) atoms. The average Bonchev–Trinajstić information content (AvgIpc) is 2.63. The third-order valence-electron chi connectivity index (χ3n) is 6.58. The minimum atomic E-state index is -0.0150. The number of piperazine rings is 1. The van der Waals surface area contributed by atoms with Crippen molar-refractivity contribution in [3.05, 3.63) is 29.3 Å². The summed E-state index contributed by atoms with van der Waals surface area (Å²) in [7, 11) is 0. The lowest BCUT2D eigenvalue weighted by atomic mass is 9.96. The van der Waals surface area contributed by atoms with Crippen molar-refractivity contribution in [1.29, 1.82) is 0 Å². The van der Waals surface area contributed by atoms with Gasteiger partial charge in [0.05, 0.1) is 6.04 Å². The highest BCUT2D eigenvalue weighted by atomic mass is 16.2. The molecule has 0 N–H and O–H groups in total. The van der Waals surface area contributed by atoms with Gasteiger partial charge in [-0.25, -0.2) is 0 Å². The van der Waals surface area contributed by atoms with Crippen LogP contribution in [0.25, 0.3) is 0 Å². The van der Waals surface area contributed by atoms with Crippen LogP contribution in [0.15, 0.2) is 18.2 Å². The second kappa shape index (κ2) is 7.99. The number of hydrogen-bond acceptors (Lipinski definition) is 3. The highest BCUT2D eigenvalue weighted by Crippen LogP contribution is 2.26. The molecule has 0 spiro atoms. The van der Waals surface area contributed by atoms with Crippen LogP contribution >= 0.6 is 0 Å². The van der Waals surface area contributed by atoms with Crippen LogP contribution in [0, 0.1) is 13.8 Å². The zero-order valence-electron chi connectivity index (χ0n) is 17.2. The SMILES string of the molecule is Cc1cccc(N2CCN([C@@H](C)C(=O)N3[C@@H](C)CCC[C@@H]3C)CC2)c1C. The van der Waals surface area contributed by atoms with E-state index in [0.717, 1.165) is 39.0 Å². The van der Waals surface area contributed by atoms with Gasteiger partial charge in [0, 0.05) is 44.0 Å². The molecule has 2 aliphatic heterocycles. The van der Waals surface area contributed by atoms with Crippen molar-refractivity contribution in [3.63, 3.8) is 0 Å². The lowest BCUT2D eigenvalue weighted by molar-refractivity contribution is -0.142. The predicted molar refractivity (Wildman–Crippen MR) is 109 cm³/mol. The van der Waals surface area contributed by atoms with Gasteiger partial charge in [0.1, 0.15) is 0 Å². The van der Waals surface area contributed by atoms with E-state index in [1.807, 2.05) is 0 Å². The topological polar surface area (TPSA) is 26.8 Å². The minimum Gasteiger partial charge on any atom is -0.369 e. The Morgan fingerprint density at radius 2 is 1.65 bits per heavy atom. The van der Waals surface area contributed by atoms with Gasteiger partial charge in [-0.3, -0.25) is 9.69 Å². The number of aryl methyl sites for hydroxylation is 1. The number of piperidine rings is 1. The highest BCUT2D eigenvalue weighted by Gasteiger charge is 2.35. The molecule has 0 radical (unpaired) electrons. The number of likely N-dealkylation sites (tertiary alicyclic amines) is 1. The first kappa shape index (κ1) is 19.2. The maximum atomic E-state index is 13.1. The summed E-state index contributed by atoms with van der Waals surface area (Å²) in [5.74, 6) is 0.324. The molecule has 0 unspecified atom stereocenters. The van der Waals surface area contributed by atoms with Crippen LogP contribution in [0.1, 0.15) is 51.2 Å². The van der Waals surface area contributed by atoms with Gasteiger partial charge >= 0.3 is 0 Å². The summed E-state index contributed by atoms with van der Waals surface area (Å²) in [6.45, 7) is 14.8. The first-order chi connectivity index (χ1) is 12.4. The normalized spacial score (nSPS) is 26.0. The number of carbonyl (C=O) groups excluding carboxylic acids is 1. The smallest absolute Gasteiger partial charge is 0.240 e. The Morgan fingerprint density at radius 1 is 1.04 bits per heavy atom. The standard InChI is InChI=1S/C22H35N3O/c1-16-8-6-11-21(19(16)4)24-14-12-23(13-15-24)20(5)22(26)25-17(2)9-7-10-18(25)3/h6,8,11,17-18,20H,7,9-10,12-15H2,1-5H3/t17-,18-,20-/m0/s1. The fourth-order valence-electron chi connectivity index (χ4n) is 4.66. The molecule has 2 fully saturated rings. The van der Waals surface area contributed by atoms with Crippen LogP contribution in [0.3, 0.4) is 0 Å². The molecule has 4 heteroatoms. The predicted octanol–water partition coefficient (Wildman–Crippen LogP) is 3.60. The summed E-state index contributed by atoms with van der Waals surface area (Å²) < 4.78 is 0. The van der Waals surface area contributed by atoms with Gasteiger partial charge in [0.2, 0.25) is 5.91 Å². The van der Waals surface area contributed by atoms with E-state index in [4.69, 9.17) is 0 Å². The highest BCUT2D eigenvalue weighted by molar-refractivity contribution is 5.82. The van der Waals surface area contributed by atoms with E-state index in [1.54, 1.807) is 0 Å². The molecular formula is C22H35N3O. The molecule has 1 aromatic carbocycles. The zero-order chi connectivity index (χ0) is 18.8. The fraction of sp³-hybridized carbons (Fsp3) is 0.682. The lowest BCUT2D eigenvalue weighted by Crippen LogP contribution is -2.58. The van der Waals surface area contributed by atoms with Crippen LogP contribution in [0.5, 0.6) is 0 Å². The van der Waals surface area contributed by atoms with Crippen molar-refractivity contribution >= 4 is 11.6 Å². The molecule has 1 aromatic rings. The second-order valence-electron chi connectivity index (χ2n) is 8.29. The second-order valence-corrected chi connectivity index (χ2v) is 8.29. The molecule has 0 saturated carbocycles. The van der Waals surface area contributed by atoms with Gasteiger partial charge in [-0.2, -0.15) is 0 Å². The van der Waals surface area contributed by atoms with Crippen LogP contribution in [-0.4, -0.2) is 60.0 Å². The summed E-state index contributed by atoms with van der Waals surface area (Å²) in [5, 5.41) is 0. The molecular weight excluding hydrogens is 322 g/mol. The maximum absolute atomic E-state index is 13.1. The molecule has 4 nitrogen and oxygen atoms in total. The van der Waals surface area contributed by atoms with Crippen molar-refractivity contribution < 1.29 is 4.79 Å². The largest absolute Gasteiger partial charge is 0.369 e. The number of benzene rings is 1. The Labute approximate surface area is 159 Å². The third kappa shape index (κ3) is 3.75. The third-order valence-corrected chi connectivity index (χ3v) is 6.58. The number of amides is 1. The van der Waals surface area contributed by atoms with Crippen molar-refractivity contribution in [2.75, 3.05) is 31.1 Å². The van der Waals surface area contributed by atoms with E-state index in [9.17, 15) is 4.79 Å². The van der Waals surface area contributed by atoms with Crippen molar-refractivity contribution in [2.45, 2.75) is 72.0 Å². The van der Waals surface area contributed by atoms with E-state index >= 15 is 0 Å². The number of rotatable bonds is 3. The summed E-state index contributed by atoms with van der Waals surface area (Å²) in [5.41, 5.74) is 4.07. The van der Waals surface area contributed by atoms with Crippen LogP contribution in [0.4, 0.5) is 5.69 Å². The van der Waals surface area contributed by atoms with Gasteiger partial charge < -0.3 is 9.80 Å². The molecule has 0 bridgehead atoms. The molecule has 3 rings (SSSR count). The first-order valence-corrected chi connectivity index (χ1v) is 10.3. The van der Waals surface area contributed by atoms with E-state index < -0.39 is 0 Å². The Balaban J connectivity index is 1.62. The van der Waals surface area contributed by atoms with Crippen LogP contribution in [0.2, 0.25) is 0 Å². The van der Waals surface area contributed by atoms with Gasteiger partial charge in [-0.1, -0.05) is 12.1 Å². The first-order valence-electron chi connectivity index (χ1n) is 10.3. The molecule has 1 amide bonds. The van der Waals surface area contributed by atoms with Gasteiger partial charge in [0.25, 0.3) is 0 Å². The monoisotopic (exact) mass is 357 g/mol. The Hall–Kier alpha value is -1.55. The molecule has 2 heterocycles. The zero-order valence-corrected chi connectivity index (χ0v) is 17.2. The molecule has 3 atom stereocenters. The van der Waals surface area contributed by atoms with E-state index in [-0.39, 0.29) is 6.04 Å². The molecule has 2 saturated heterocycles. The summed E-state index contributed by atoms with van der Waals surface area (Å²) >= 11 is 0. The number of anilines is 1. The Morgan fingerprint density at radius 3 is 2.27 bits per heavy atom. The van der Waals surface area contributed by atoms with Gasteiger partial charge in [-0.05, 0) is 71.1 Å². The number of nitrogens with zero attached hydrogens (tertiary/aromatic N) is 3. The Bertz CT molecular complexity index is 626. The number of carbonyl (C=O) groups is 1. The van der Waals surface area contributed by atoms with Gasteiger partial charge in [0.15, 0.2) is 0 Å². The summed E-state index contributed by atoms with van der Waals surface area (Å²) in [6, 6.07) is 7.30. The Kier molecular flexibility index (Phi) is 5.91. The molecule has 144 valence electrons. The summed E-state index contributed by atoms with van der Waals surface area (Å²) in [4.78, 5) is 20.1. The molecule has 0 aromatic heterocycles. The van der Waals surface area contributed by atoms with Crippen molar-refractivity contribution in [3.8, 4) is 0 Å². The fourth-order valence-corrected chi connectivity index (χ4v) is 4.66. The quantitative estimate of drug-likeness (QED) is 0.827. The van der Waals surface area contributed by atoms with E-state index in [2.05, 4.69) is 67.5 Å². The van der Waals surface area contributed by atoms with Crippen molar-refractivity contribution in [2.24, 2.45) is 0 Å². The summed E-state index contributed by atoms with van der Waals surface area (Å²) in [6.07, 6.45) is 3.53. The lowest BCUT2D eigenvalue weighted by Gasteiger charge is -2.44.